The van der Waals surface area contributed by atoms with Crippen molar-refractivity contribution in [3.63, 3.8) is 0 Å². The maximum atomic E-state index is 13.0. The molecule has 4 heteroatoms. The van der Waals surface area contributed by atoms with Crippen molar-refractivity contribution in [3.8, 4) is 0 Å². The van der Waals surface area contributed by atoms with E-state index in [1.807, 2.05) is 74.5 Å². The van der Waals surface area contributed by atoms with Crippen molar-refractivity contribution in [2.75, 3.05) is 13.1 Å². The third-order valence-electron chi connectivity index (χ3n) is 4.42. The van der Waals surface area contributed by atoms with Crippen LogP contribution in [-0.2, 0) is 22.4 Å². The summed E-state index contributed by atoms with van der Waals surface area (Å²) < 4.78 is 0. The van der Waals surface area contributed by atoms with Crippen molar-refractivity contribution < 1.29 is 9.59 Å². The predicted molar refractivity (Wildman–Crippen MR) is 105 cm³/mol. The van der Waals surface area contributed by atoms with E-state index in [2.05, 4.69) is 5.32 Å². The van der Waals surface area contributed by atoms with Crippen LogP contribution in [0.1, 0.15) is 31.4 Å². The lowest BCUT2D eigenvalue weighted by molar-refractivity contribution is -0.140. The summed E-state index contributed by atoms with van der Waals surface area (Å²) in [6.07, 6.45) is 1.64. The molecule has 138 valence electrons. The molecule has 0 saturated carbocycles. The molecular weight excluding hydrogens is 324 g/mol. The van der Waals surface area contributed by atoms with Gasteiger partial charge in [-0.1, -0.05) is 67.6 Å². The Labute approximate surface area is 156 Å². The van der Waals surface area contributed by atoms with Crippen LogP contribution in [0.15, 0.2) is 60.7 Å². The number of rotatable bonds is 9. The molecule has 0 saturated heterocycles. The van der Waals surface area contributed by atoms with Crippen LogP contribution in [0.3, 0.4) is 0 Å². The zero-order chi connectivity index (χ0) is 18.8. The Balaban J connectivity index is 2.15. The second-order valence-electron chi connectivity index (χ2n) is 6.30. The third kappa shape index (κ3) is 5.73. The van der Waals surface area contributed by atoms with Crippen molar-refractivity contribution in [3.05, 3.63) is 71.8 Å². The van der Waals surface area contributed by atoms with Gasteiger partial charge < -0.3 is 10.2 Å². The molecule has 0 radical (unpaired) electrons. The summed E-state index contributed by atoms with van der Waals surface area (Å²) >= 11 is 0. The fourth-order valence-corrected chi connectivity index (χ4v) is 3.06. The second kappa shape index (κ2) is 10.4. The highest BCUT2D eigenvalue weighted by Gasteiger charge is 2.27. The Morgan fingerprint density at radius 2 is 1.50 bits per heavy atom. The number of hydrogen-bond acceptors (Lipinski definition) is 2. The van der Waals surface area contributed by atoms with E-state index in [9.17, 15) is 9.59 Å². The molecule has 0 fully saturated rings. The van der Waals surface area contributed by atoms with Gasteiger partial charge in [-0.2, -0.15) is 0 Å². The highest BCUT2D eigenvalue weighted by Crippen LogP contribution is 2.12. The van der Waals surface area contributed by atoms with E-state index in [1.165, 1.54) is 0 Å². The van der Waals surface area contributed by atoms with Crippen LogP contribution in [0.4, 0.5) is 0 Å². The lowest BCUT2D eigenvalue weighted by Crippen LogP contribution is -2.50. The maximum Gasteiger partial charge on any atom is 0.242 e. The number of carbonyl (C=O) groups is 2. The molecule has 0 unspecified atom stereocenters. The van der Waals surface area contributed by atoms with E-state index in [1.54, 1.807) is 4.90 Å². The number of carbonyl (C=O) groups excluding carboxylic acids is 2. The average molecular weight is 352 g/mol. The van der Waals surface area contributed by atoms with Crippen LogP contribution in [0.25, 0.3) is 0 Å². The third-order valence-corrected chi connectivity index (χ3v) is 4.42. The second-order valence-corrected chi connectivity index (χ2v) is 6.30. The Morgan fingerprint density at radius 3 is 2.04 bits per heavy atom. The van der Waals surface area contributed by atoms with Gasteiger partial charge in [0.25, 0.3) is 0 Å². The first kappa shape index (κ1) is 19.7. The van der Waals surface area contributed by atoms with Gasteiger partial charge in [-0.25, -0.2) is 0 Å². The molecule has 0 aliphatic rings. The number of likely N-dealkylation sites (N-methyl/N-ethyl adjacent to an activating group) is 1. The predicted octanol–water partition coefficient (Wildman–Crippen LogP) is 3.22. The molecule has 0 aliphatic carbocycles. The molecule has 0 bridgehead atoms. The maximum absolute atomic E-state index is 13.0. The van der Waals surface area contributed by atoms with Crippen LogP contribution in [-0.4, -0.2) is 35.8 Å². The normalized spacial score (nSPS) is 11.6. The van der Waals surface area contributed by atoms with E-state index < -0.39 is 6.04 Å². The fourth-order valence-electron chi connectivity index (χ4n) is 3.06. The standard InChI is InChI=1S/C22H28N2O2/c1-3-20(22(26)23-4-2)24(16-15-18-11-7-5-8-12-18)21(25)17-19-13-9-6-10-14-19/h5-14,20H,3-4,15-17H2,1-2H3,(H,23,26)/t20-/m1/s1. The molecule has 1 N–H and O–H groups in total. The zero-order valence-corrected chi connectivity index (χ0v) is 15.7. The summed E-state index contributed by atoms with van der Waals surface area (Å²) in [4.78, 5) is 27.2. The van der Waals surface area contributed by atoms with Crippen LogP contribution < -0.4 is 5.32 Å². The number of nitrogens with zero attached hydrogens (tertiary/aromatic N) is 1. The molecule has 2 amide bonds. The van der Waals surface area contributed by atoms with Crippen LogP contribution in [0, 0.1) is 0 Å². The van der Waals surface area contributed by atoms with Gasteiger partial charge in [-0.05, 0) is 30.9 Å². The van der Waals surface area contributed by atoms with E-state index >= 15 is 0 Å². The number of benzene rings is 2. The molecular formula is C22H28N2O2. The lowest BCUT2D eigenvalue weighted by Gasteiger charge is -2.30. The molecule has 0 aliphatic heterocycles. The van der Waals surface area contributed by atoms with Gasteiger partial charge in [0.2, 0.25) is 11.8 Å². The van der Waals surface area contributed by atoms with Gasteiger partial charge >= 0.3 is 0 Å². The van der Waals surface area contributed by atoms with Crippen LogP contribution >= 0.6 is 0 Å². The van der Waals surface area contributed by atoms with E-state index in [-0.39, 0.29) is 11.8 Å². The Morgan fingerprint density at radius 1 is 0.923 bits per heavy atom. The quantitative estimate of drug-likeness (QED) is 0.753. The van der Waals surface area contributed by atoms with E-state index in [0.29, 0.717) is 25.9 Å². The summed E-state index contributed by atoms with van der Waals surface area (Å²) in [5.41, 5.74) is 2.13. The highest BCUT2D eigenvalue weighted by atomic mass is 16.2. The molecule has 2 aromatic rings. The van der Waals surface area contributed by atoms with Gasteiger partial charge in [0.05, 0.1) is 6.42 Å². The van der Waals surface area contributed by atoms with Crippen molar-refractivity contribution in [1.82, 2.24) is 10.2 Å². The lowest BCUT2D eigenvalue weighted by atomic mass is 10.1. The fraction of sp³-hybridized carbons (Fsp3) is 0.364. The largest absolute Gasteiger partial charge is 0.355 e. The van der Waals surface area contributed by atoms with Crippen LogP contribution in [0.2, 0.25) is 0 Å². The van der Waals surface area contributed by atoms with Gasteiger partial charge in [0.1, 0.15) is 6.04 Å². The molecule has 2 rings (SSSR count). The molecule has 4 nitrogen and oxygen atoms in total. The van der Waals surface area contributed by atoms with Crippen molar-refractivity contribution in [1.29, 1.82) is 0 Å². The average Bonchev–Trinajstić information content (AvgIpc) is 2.66. The Hall–Kier alpha value is -2.62. The monoisotopic (exact) mass is 352 g/mol. The molecule has 1 atom stereocenters. The van der Waals surface area contributed by atoms with Gasteiger partial charge in [0.15, 0.2) is 0 Å². The summed E-state index contributed by atoms with van der Waals surface area (Å²) in [6, 6.07) is 19.3. The topological polar surface area (TPSA) is 49.4 Å². The SMILES string of the molecule is CCNC(=O)[C@@H](CC)N(CCc1ccccc1)C(=O)Cc1ccccc1. The van der Waals surface area contributed by atoms with Crippen LogP contribution in [0.5, 0.6) is 0 Å². The summed E-state index contributed by atoms with van der Waals surface area (Å²) in [7, 11) is 0. The summed E-state index contributed by atoms with van der Waals surface area (Å²) in [5.74, 6) is -0.0882. The molecule has 0 spiro atoms. The first-order chi connectivity index (χ1) is 12.7. The van der Waals surface area contributed by atoms with Crippen molar-refractivity contribution >= 4 is 11.8 Å². The van der Waals surface area contributed by atoms with Gasteiger partial charge in [0, 0.05) is 13.1 Å². The van der Waals surface area contributed by atoms with E-state index in [4.69, 9.17) is 0 Å². The van der Waals surface area contributed by atoms with Crippen molar-refractivity contribution in [2.45, 2.75) is 39.2 Å². The number of hydrogen-bond donors (Lipinski definition) is 1. The van der Waals surface area contributed by atoms with Crippen molar-refractivity contribution in [2.24, 2.45) is 0 Å². The Bertz CT molecular complexity index is 686. The minimum Gasteiger partial charge on any atom is -0.355 e. The van der Waals surface area contributed by atoms with E-state index in [0.717, 1.165) is 17.5 Å². The summed E-state index contributed by atoms with van der Waals surface area (Å²) in [6.45, 7) is 4.94. The smallest absolute Gasteiger partial charge is 0.242 e. The zero-order valence-electron chi connectivity index (χ0n) is 15.7. The van der Waals surface area contributed by atoms with Gasteiger partial charge in [-0.3, -0.25) is 9.59 Å². The van der Waals surface area contributed by atoms with Gasteiger partial charge in [-0.15, -0.1) is 0 Å². The minimum absolute atomic E-state index is 0.00904. The molecule has 2 aromatic carbocycles. The Kier molecular flexibility index (Phi) is 7.87. The molecule has 26 heavy (non-hydrogen) atoms. The molecule has 0 aromatic heterocycles. The molecule has 0 heterocycles. The summed E-state index contributed by atoms with van der Waals surface area (Å²) in [5, 5.41) is 2.86. The first-order valence-electron chi connectivity index (χ1n) is 9.30. The highest BCUT2D eigenvalue weighted by molar-refractivity contribution is 5.88. The number of nitrogens with one attached hydrogen (secondary N) is 1. The minimum atomic E-state index is -0.435. The number of amides is 2. The first-order valence-corrected chi connectivity index (χ1v) is 9.30.